The number of benzene rings is 2. The van der Waals surface area contributed by atoms with Crippen molar-refractivity contribution in [3.8, 4) is 0 Å². The van der Waals surface area contributed by atoms with Gasteiger partial charge in [0.1, 0.15) is 5.69 Å². The highest BCUT2D eigenvalue weighted by molar-refractivity contribution is 6.38. The fraction of sp³-hybridized carbons (Fsp3) is 0.238. The molecule has 0 aliphatic rings. The smallest absolute Gasteiger partial charge is 0.308 e. The largest absolute Gasteiger partial charge is 0.466 e. The topological polar surface area (TPSA) is 60.3 Å². The van der Waals surface area contributed by atoms with E-state index < -0.39 is 6.04 Å². The Labute approximate surface area is 162 Å². The fourth-order valence-electron chi connectivity index (χ4n) is 3.15. The molecule has 1 unspecified atom stereocenters. The van der Waals surface area contributed by atoms with Crippen molar-refractivity contribution in [2.45, 2.75) is 19.4 Å². The van der Waals surface area contributed by atoms with E-state index in [0.29, 0.717) is 17.3 Å². The second-order valence-electron chi connectivity index (χ2n) is 6.18. The number of amides is 1. The lowest BCUT2D eigenvalue weighted by atomic mass is 10.0. The number of aromatic nitrogens is 1. The van der Waals surface area contributed by atoms with Gasteiger partial charge in [-0.25, -0.2) is 0 Å². The van der Waals surface area contributed by atoms with Crippen LogP contribution < -0.4 is 5.32 Å². The predicted octanol–water partition coefficient (Wildman–Crippen LogP) is 4.26. The van der Waals surface area contributed by atoms with Gasteiger partial charge in [-0.15, -0.1) is 0 Å². The molecule has 5 nitrogen and oxygen atoms in total. The Hall–Kier alpha value is -2.79. The van der Waals surface area contributed by atoms with Crippen LogP contribution in [0.15, 0.2) is 54.6 Å². The molecule has 1 amide bonds. The van der Waals surface area contributed by atoms with Gasteiger partial charge in [-0.2, -0.15) is 0 Å². The molecule has 3 rings (SSSR count). The lowest BCUT2D eigenvalue weighted by Crippen LogP contribution is -2.32. The number of nitrogens with one attached hydrogen (secondary N) is 1. The van der Waals surface area contributed by atoms with E-state index in [-0.39, 0.29) is 18.3 Å². The molecule has 0 aliphatic carbocycles. The summed E-state index contributed by atoms with van der Waals surface area (Å²) in [5.74, 6) is -0.702. The fourth-order valence-corrected chi connectivity index (χ4v) is 3.52. The molecule has 3 aromatic rings. The highest BCUT2D eigenvalue weighted by atomic mass is 35.5. The van der Waals surface area contributed by atoms with Gasteiger partial charge in [0.25, 0.3) is 5.91 Å². The van der Waals surface area contributed by atoms with Crippen molar-refractivity contribution in [2.75, 3.05) is 6.61 Å². The highest BCUT2D eigenvalue weighted by Crippen LogP contribution is 2.30. The average Bonchev–Trinajstić information content (AvgIpc) is 2.93. The van der Waals surface area contributed by atoms with E-state index in [1.807, 2.05) is 54.6 Å². The van der Waals surface area contributed by atoms with Gasteiger partial charge in [0.05, 0.1) is 24.1 Å². The molecule has 2 aromatic carbocycles. The molecule has 27 heavy (non-hydrogen) atoms. The third kappa shape index (κ3) is 3.98. The van der Waals surface area contributed by atoms with Gasteiger partial charge in [-0.05, 0) is 18.6 Å². The molecule has 0 fully saturated rings. The molecule has 1 heterocycles. The van der Waals surface area contributed by atoms with Crippen LogP contribution in [0.5, 0.6) is 0 Å². The average molecular weight is 385 g/mol. The Bertz CT molecular complexity index is 927. The SMILES string of the molecule is CCOC(=O)CC(NC(=O)c1c(Cl)c2ccccc2n1C)c1ccccc1. The molecule has 6 heteroatoms. The maximum absolute atomic E-state index is 13.0. The molecule has 1 N–H and O–H groups in total. The first-order chi connectivity index (χ1) is 13.0. The molecular formula is C21H21ClN2O3. The number of rotatable bonds is 6. The number of hydrogen-bond acceptors (Lipinski definition) is 3. The first-order valence-corrected chi connectivity index (χ1v) is 9.15. The van der Waals surface area contributed by atoms with Crippen molar-refractivity contribution in [3.63, 3.8) is 0 Å². The van der Waals surface area contributed by atoms with Gasteiger partial charge < -0.3 is 14.6 Å². The third-order valence-electron chi connectivity index (χ3n) is 4.44. The minimum atomic E-state index is -0.508. The van der Waals surface area contributed by atoms with Gasteiger partial charge >= 0.3 is 5.97 Å². The molecule has 0 saturated heterocycles. The lowest BCUT2D eigenvalue weighted by molar-refractivity contribution is -0.143. The van der Waals surface area contributed by atoms with E-state index in [4.69, 9.17) is 16.3 Å². The second-order valence-corrected chi connectivity index (χ2v) is 6.56. The molecule has 0 spiro atoms. The Morgan fingerprint density at radius 3 is 2.44 bits per heavy atom. The van der Waals surface area contributed by atoms with Crippen molar-refractivity contribution < 1.29 is 14.3 Å². The van der Waals surface area contributed by atoms with E-state index in [2.05, 4.69) is 5.32 Å². The Balaban J connectivity index is 1.92. The zero-order chi connectivity index (χ0) is 19.4. The standard InChI is InChI=1S/C21H21ClN2O3/c1-3-27-18(25)13-16(14-9-5-4-6-10-14)23-21(26)20-19(22)15-11-7-8-12-17(15)24(20)2/h4-12,16H,3,13H2,1-2H3,(H,23,26). The Morgan fingerprint density at radius 2 is 1.78 bits per heavy atom. The summed E-state index contributed by atoms with van der Waals surface area (Å²) in [6, 6.07) is 16.4. The van der Waals surface area contributed by atoms with Crippen molar-refractivity contribution in [1.82, 2.24) is 9.88 Å². The quantitative estimate of drug-likeness (QED) is 0.646. The van der Waals surface area contributed by atoms with E-state index in [9.17, 15) is 9.59 Å². The number of hydrogen-bond donors (Lipinski definition) is 1. The molecule has 1 aromatic heterocycles. The van der Waals surface area contributed by atoms with Gasteiger partial charge in [0.15, 0.2) is 0 Å². The number of carbonyl (C=O) groups excluding carboxylic acids is 2. The predicted molar refractivity (Wildman–Crippen MR) is 106 cm³/mol. The zero-order valence-corrected chi connectivity index (χ0v) is 16.0. The first kappa shape index (κ1) is 19.0. The zero-order valence-electron chi connectivity index (χ0n) is 15.2. The van der Waals surface area contributed by atoms with Crippen LogP contribution in [0.4, 0.5) is 0 Å². The number of ether oxygens (including phenoxy) is 1. The van der Waals surface area contributed by atoms with Crippen molar-refractivity contribution >= 4 is 34.4 Å². The summed E-state index contributed by atoms with van der Waals surface area (Å²) in [4.78, 5) is 25.0. The maximum Gasteiger partial charge on any atom is 0.308 e. The van der Waals surface area contributed by atoms with Gasteiger partial charge in [-0.1, -0.05) is 60.1 Å². The van der Waals surface area contributed by atoms with Crippen molar-refractivity contribution in [1.29, 1.82) is 0 Å². The second kappa shape index (κ2) is 8.27. The third-order valence-corrected chi connectivity index (χ3v) is 4.83. The number of nitrogens with zero attached hydrogens (tertiary/aromatic N) is 1. The van der Waals surface area contributed by atoms with Crippen LogP contribution in [0.25, 0.3) is 10.9 Å². The number of fused-ring (bicyclic) bond motifs is 1. The normalized spacial score (nSPS) is 12.0. The van der Waals surface area contributed by atoms with Crippen LogP contribution in [-0.4, -0.2) is 23.1 Å². The van der Waals surface area contributed by atoms with Crippen LogP contribution >= 0.6 is 11.6 Å². The van der Waals surface area contributed by atoms with E-state index in [1.54, 1.807) is 18.5 Å². The molecule has 0 aliphatic heterocycles. The van der Waals surface area contributed by atoms with Crippen molar-refractivity contribution in [3.05, 3.63) is 70.9 Å². The summed E-state index contributed by atoms with van der Waals surface area (Å²) < 4.78 is 6.82. The highest BCUT2D eigenvalue weighted by Gasteiger charge is 2.24. The minimum Gasteiger partial charge on any atom is -0.466 e. The number of halogens is 1. The summed E-state index contributed by atoms with van der Waals surface area (Å²) in [7, 11) is 1.80. The van der Waals surface area contributed by atoms with Crippen LogP contribution in [-0.2, 0) is 16.6 Å². The number of carbonyl (C=O) groups is 2. The van der Waals surface area contributed by atoms with Crippen LogP contribution in [0.1, 0.15) is 35.4 Å². The number of para-hydroxylation sites is 1. The molecule has 0 radical (unpaired) electrons. The van der Waals surface area contributed by atoms with Crippen LogP contribution in [0.3, 0.4) is 0 Å². The summed E-state index contributed by atoms with van der Waals surface area (Å²) >= 11 is 6.47. The monoisotopic (exact) mass is 384 g/mol. The molecular weight excluding hydrogens is 364 g/mol. The van der Waals surface area contributed by atoms with Crippen LogP contribution in [0.2, 0.25) is 5.02 Å². The lowest BCUT2D eigenvalue weighted by Gasteiger charge is -2.19. The summed E-state index contributed by atoms with van der Waals surface area (Å²) in [6.45, 7) is 2.05. The Morgan fingerprint density at radius 1 is 1.11 bits per heavy atom. The van der Waals surface area contributed by atoms with Crippen molar-refractivity contribution in [2.24, 2.45) is 7.05 Å². The van der Waals surface area contributed by atoms with E-state index >= 15 is 0 Å². The molecule has 140 valence electrons. The first-order valence-electron chi connectivity index (χ1n) is 8.77. The summed E-state index contributed by atoms with van der Waals surface area (Å²) in [5, 5.41) is 4.15. The molecule has 1 atom stereocenters. The summed E-state index contributed by atoms with van der Waals surface area (Å²) in [6.07, 6.45) is 0.0468. The summed E-state index contributed by atoms with van der Waals surface area (Å²) in [5.41, 5.74) is 2.06. The van der Waals surface area contributed by atoms with E-state index in [1.165, 1.54) is 0 Å². The number of esters is 1. The molecule has 0 saturated carbocycles. The van der Waals surface area contributed by atoms with Gasteiger partial charge in [0, 0.05) is 18.0 Å². The van der Waals surface area contributed by atoms with Crippen LogP contribution in [0, 0.1) is 0 Å². The maximum atomic E-state index is 13.0. The van der Waals surface area contributed by atoms with Gasteiger partial charge in [-0.3, -0.25) is 9.59 Å². The minimum absolute atomic E-state index is 0.0468. The van der Waals surface area contributed by atoms with Gasteiger partial charge in [0.2, 0.25) is 0 Å². The number of aryl methyl sites for hydroxylation is 1. The molecule has 0 bridgehead atoms. The van der Waals surface area contributed by atoms with E-state index in [0.717, 1.165) is 16.5 Å². The Kier molecular flexibility index (Phi) is 5.81.